The van der Waals surface area contributed by atoms with Crippen LogP contribution in [0.1, 0.15) is 37.6 Å². The van der Waals surface area contributed by atoms with Crippen molar-refractivity contribution in [2.45, 2.75) is 33.2 Å². The second-order valence-electron chi connectivity index (χ2n) is 4.78. The molecule has 1 N–H and O–H groups in total. The van der Waals surface area contributed by atoms with E-state index in [4.69, 9.17) is 23.2 Å². The first-order valence-electron chi connectivity index (χ1n) is 6.22. The molecular formula is C13H16Cl2N2O3. The molecule has 1 rings (SSSR count). The van der Waals surface area contributed by atoms with E-state index in [0.717, 1.165) is 18.6 Å². The number of carbonyl (C=O) groups excluding carboxylic acids is 1. The normalized spacial score (nSPS) is 12.3. The minimum absolute atomic E-state index is 0.0105. The van der Waals surface area contributed by atoms with E-state index in [-0.39, 0.29) is 33.3 Å². The number of hydrogen-bond acceptors (Lipinski definition) is 3. The maximum atomic E-state index is 12.2. The van der Waals surface area contributed by atoms with Gasteiger partial charge in [0.05, 0.1) is 20.5 Å². The van der Waals surface area contributed by atoms with Crippen molar-refractivity contribution in [3.8, 4) is 0 Å². The molecule has 0 spiro atoms. The smallest absolute Gasteiger partial charge is 0.271 e. The number of hydrogen-bond donors (Lipinski definition) is 1. The molecule has 0 aliphatic heterocycles. The fourth-order valence-electron chi connectivity index (χ4n) is 1.83. The van der Waals surface area contributed by atoms with Crippen LogP contribution in [0.4, 0.5) is 5.69 Å². The van der Waals surface area contributed by atoms with Crippen LogP contribution in [0.25, 0.3) is 0 Å². The van der Waals surface area contributed by atoms with Gasteiger partial charge in [-0.05, 0) is 12.3 Å². The molecule has 0 aliphatic rings. The summed E-state index contributed by atoms with van der Waals surface area (Å²) in [5.41, 5.74) is -0.243. The van der Waals surface area contributed by atoms with E-state index in [1.807, 2.05) is 20.8 Å². The van der Waals surface area contributed by atoms with Crippen molar-refractivity contribution in [1.29, 1.82) is 0 Å². The Balaban J connectivity index is 3.12. The molecule has 1 aromatic rings. The van der Waals surface area contributed by atoms with Crippen LogP contribution in [0, 0.1) is 16.0 Å². The summed E-state index contributed by atoms with van der Waals surface area (Å²) in [6.45, 7) is 5.92. The van der Waals surface area contributed by atoms with Gasteiger partial charge in [-0.25, -0.2) is 0 Å². The summed E-state index contributed by atoms with van der Waals surface area (Å²) in [5.74, 6) is -0.210. The molecular weight excluding hydrogens is 303 g/mol. The lowest BCUT2D eigenvalue weighted by Gasteiger charge is -2.21. The minimum Gasteiger partial charge on any atom is -0.349 e. The summed E-state index contributed by atoms with van der Waals surface area (Å²) in [6.07, 6.45) is 0.754. The lowest BCUT2D eigenvalue weighted by atomic mass is 10.0. The standard InChI is InChI=1S/C13H16Cl2N2O3/c1-4-11(7(2)3)16-13(18)9-5-8(17(19)20)6-10(14)12(9)15/h5-7,11H,4H2,1-3H3,(H,16,18). The molecule has 0 aromatic heterocycles. The van der Waals surface area contributed by atoms with Crippen LogP contribution in [0.2, 0.25) is 10.0 Å². The quantitative estimate of drug-likeness (QED) is 0.657. The lowest BCUT2D eigenvalue weighted by Crippen LogP contribution is -2.38. The Hall–Kier alpha value is -1.33. The van der Waals surface area contributed by atoms with Crippen LogP contribution < -0.4 is 5.32 Å². The van der Waals surface area contributed by atoms with E-state index in [1.54, 1.807) is 0 Å². The van der Waals surface area contributed by atoms with Gasteiger partial charge in [-0.3, -0.25) is 14.9 Å². The molecule has 1 atom stereocenters. The Kier molecular flexibility index (Phi) is 5.77. The lowest BCUT2D eigenvalue weighted by molar-refractivity contribution is -0.384. The number of nitrogens with zero attached hydrogens (tertiary/aromatic N) is 1. The molecule has 1 unspecified atom stereocenters. The summed E-state index contributed by atoms with van der Waals surface area (Å²) in [4.78, 5) is 22.4. The van der Waals surface area contributed by atoms with Gasteiger partial charge in [0.15, 0.2) is 0 Å². The highest BCUT2D eigenvalue weighted by Crippen LogP contribution is 2.31. The summed E-state index contributed by atoms with van der Waals surface area (Å²) in [7, 11) is 0. The Morgan fingerprint density at radius 2 is 2.00 bits per heavy atom. The number of nitrogens with one attached hydrogen (secondary N) is 1. The van der Waals surface area contributed by atoms with E-state index in [9.17, 15) is 14.9 Å². The number of amides is 1. The third-order valence-electron chi connectivity index (χ3n) is 3.03. The highest BCUT2D eigenvalue weighted by molar-refractivity contribution is 6.44. The van der Waals surface area contributed by atoms with Gasteiger partial charge in [-0.2, -0.15) is 0 Å². The van der Waals surface area contributed by atoms with E-state index in [2.05, 4.69) is 5.32 Å². The second-order valence-corrected chi connectivity index (χ2v) is 5.56. The average Bonchev–Trinajstić information content (AvgIpc) is 2.37. The van der Waals surface area contributed by atoms with Crippen LogP contribution >= 0.6 is 23.2 Å². The van der Waals surface area contributed by atoms with Crippen molar-refractivity contribution in [3.63, 3.8) is 0 Å². The minimum atomic E-state index is -0.612. The van der Waals surface area contributed by atoms with Gasteiger partial charge in [0.1, 0.15) is 0 Å². The molecule has 7 heteroatoms. The topological polar surface area (TPSA) is 72.2 Å². The van der Waals surface area contributed by atoms with E-state index in [1.165, 1.54) is 0 Å². The molecule has 0 heterocycles. The van der Waals surface area contributed by atoms with Crippen molar-refractivity contribution in [3.05, 3.63) is 37.9 Å². The predicted molar refractivity (Wildman–Crippen MR) is 79.5 cm³/mol. The Morgan fingerprint density at radius 1 is 1.40 bits per heavy atom. The highest BCUT2D eigenvalue weighted by atomic mass is 35.5. The van der Waals surface area contributed by atoms with Crippen molar-refractivity contribution in [2.24, 2.45) is 5.92 Å². The van der Waals surface area contributed by atoms with Gasteiger partial charge in [0.2, 0.25) is 0 Å². The van der Waals surface area contributed by atoms with Gasteiger partial charge in [-0.15, -0.1) is 0 Å². The van der Waals surface area contributed by atoms with Gasteiger partial charge in [-0.1, -0.05) is 44.0 Å². The van der Waals surface area contributed by atoms with Crippen molar-refractivity contribution < 1.29 is 9.72 Å². The Morgan fingerprint density at radius 3 is 2.45 bits per heavy atom. The van der Waals surface area contributed by atoms with Crippen LogP contribution in [0.5, 0.6) is 0 Å². The van der Waals surface area contributed by atoms with Crippen molar-refractivity contribution in [2.75, 3.05) is 0 Å². The van der Waals surface area contributed by atoms with Gasteiger partial charge in [0, 0.05) is 18.2 Å². The Labute approximate surface area is 127 Å². The molecule has 0 fully saturated rings. The second kappa shape index (κ2) is 6.90. The number of non-ortho nitro benzene ring substituents is 1. The first kappa shape index (κ1) is 16.7. The molecule has 110 valence electrons. The molecule has 0 aliphatic carbocycles. The van der Waals surface area contributed by atoms with E-state index in [0.29, 0.717) is 0 Å². The monoisotopic (exact) mass is 318 g/mol. The van der Waals surface area contributed by atoms with Crippen molar-refractivity contribution in [1.82, 2.24) is 5.32 Å². The number of benzene rings is 1. The molecule has 5 nitrogen and oxygen atoms in total. The first-order valence-corrected chi connectivity index (χ1v) is 6.97. The summed E-state index contributed by atoms with van der Waals surface area (Å²) in [6, 6.07) is 2.23. The maximum absolute atomic E-state index is 12.2. The number of nitro groups is 1. The fraction of sp³-hybridized carbons (Fsp3) is 0.462. The zero-order valence-electron chi connectivity index (χ0n) is 11.4. The summed E-state index contributed by atoms with van der Waals surface area (Å²) in [5, 5.41) is 13.6. The molecule has 1 aromatic carbocycles. The number of halogens is 2. The Bertz CT molecular complexity index is 533. The third-order valence-corrected chi connectivity index (χ3v) is 3.83. The predicted octanol–water partition coefficient (Wildman–Crippen LogP) is 4.07. The van der Waals surface area contributed by atoms with Crippen LogP contribution in [0.3, 0.4) is 0 Å². The summed E-state index contributed by atoms with van der Waals surface area (Å²) < 4.78 is 0. The number of rotatable bonds is 5. The fourth-order valence-corrected chi connectivity index (χ4v) is 2.24. The molecule has 1 amide bonds. The SMILES string of the molecule is CCC(NC(=O)c1cc([N+](=O)[O-])cc(Cl)c1Cl)C(C)C. The zero-order chi connectivity index (χ0) is 15.4. The largest absolute Gasteiger partial charge is 0.349 e. The number of carbonyl (C=O) groups is 1. The van der Waals surface area contributed by atoms with Crippen LogP contribution in [-0.2, 0) is 0 Å². The average molecular weight is 319 g/mol. The van der Waals surface area contributed by atoms with Crippen LogP contribution in [0.15, 0.2) is 12.1 Å². The molecule has 0 saturated heterocycles. The molecule has 0 saturated carbocycles. The van der Waals surface area contributed by atoms with E-state index >= 15 is 0 Å². The molecule has 20 heavy (non-hydrogen) atoms. The molecule has 0 bridgehead atoms. The zero-order valence-corrected chi connectivity index (χ0v) is 13.0. The van der Waals surface area contributed by atoms with Gasteiger partial charge >= 0.3 is 0 Å². The van der Waals surface area contributed by atoms with Crippen molar-refractivity contribution >= 4 is 34.8 Å². The highest BCUT2D eigenvalue weighted by Gasteiger charge is 2.22. The first-order chi connectivity index (χ1) is 9.27. The van der Waals surface area contributed by atoms with Crippen LogP contribution in [-0.4, -0.2) is 16.9 Å². The van der Waals surface area contributed by atoms with Gasteiger partial charge < -0.3 is 5.32 Å². The number of nitro benzene ring substituents is 1. The maximum Gasteiger partial charge on any atom is 0.271 e. The molecule has 0 radical (unpaired) electrons. The van der Waals surface area contributed by atoms with Gasteiger partial charge in [0.25, 0.3) is 11.6 Å². The van der Waals surface area contributed by atoms with E-state index < -0.39 is 10.8 Å². The summed E-state index contributed by atoms with van der Waals surface area (Å²) >= 11 is 11.8. The third kappa shape index (κ3) is 3.84.